The van der Waals surface area contributed by atoms with Crippen molar-refractivity contribution in [1.29, 1.82) is 0 Å². The van der Waals surface area contributed by atoms with Gasteiger partial charge in [0.2, 0.25) is 5.82 Å². The van der Waals surface area contributed by atoms with Crippen LogP contribution in [0.3, 0.4) is 0 Å². The SMILES string of the molecule is CCOC(=O)c1c(C)[nH]c(/C(C)=N/Nc2c(F)c(F)c(F)c(F)c2F)c1C. The van der Waals surface area contributed by atoms with E-state index in [1.165, 1.54) is 6.92 Å². The number of carbonyl (C=O) groups excluding carboxylic acids is 1. The molecule has 0 unspecified atom stereocenters. The van der Waals surface area contributed by atoms with E-state index >= 15 is 0 Å². The quantitative estimate of drug-likeness (QED) is 0.200. The minimum atomic E-state index is -2.26. The second-order valence-corrected chi connectivity index (χ2v) is 5.60. The third-order valence-corrected chi connectivity index (χ3v) is 3.82. The molecule has 2 N–H and O–H groups in total. The first-order chi connectivity index (χ1) is 12.6. The van der Waals surface area contributed by atoms with Gasteiger partial charge in [-0.2, -0.15) is 5.10 Å². The van der Waals surface area contributed by atoms with Gasteiger partial charge >= 0.3 is 5.97 Å². The lowest BCUT2D eigenvalue weighted by molar-refractivity contribution is 0.0525. The van der Waals surface area contributed by atoms with Gasteiger partial charge in [-0.25, -0.2) is 26.7 Å². The highest BCUT2D eigenvalue weighted by Crippen LogP contribution is 2.27. The number of nitrogens with zero attached hydrogens (tertiary/aromatic N) is 1. The summed E-state index contributed by atoms with van der Waals surface area (Å²) < 4.78 is 71.8. The van der Waals surface area contributed by atoms with E-state index in [1.54, 1.807) is 20.8 Å². The number of ether oxygens (including phenoxy) is 1. The summed E-state index contributed by atoms with van der Waals surface area (Å²) in [6.45, 7) is 6.46. The van der Waals surface area contributed by atoms with Gasteiger partial charge in [0.05, 0.1) is 23.6 Å². The van der Waals surface area contributed by atoms with Crippen LogP contribution in [0.2, 0.25) is 0 Å². The largest absolute Gasteiger partial charge is 0.462 e. The van der Waals surface area contributed by atoms with Crippen molar-refractivity contribution in [2.75, 3.05) is 12.0 Å². The van der Waals surface area contributed by atoms with E-state index in [-0.39, 0.29) is 17.9 Å². The van der Waals surface area contributed by atoms with Crippen LogP contribution in [-0.2, 0) is 4.74 Å². The number of nitrogens with one attached hydrogen (secondary N) is 2. The van der Waals surface area contributed by atoms with Crippen LogP contribution in [-0.4, -0.2) is 23.3 Å². The maximum atomic E-state index is 13.7. The van der Waals surface area contributed by atoms with Gasteiger partial charge in [0.25, 0.3) is 0 Å². The van der Waals surface area contributed by atoms with Crippen molar-refractivity contribution < 1.29 is 31.5 Å². The van der Waals surface area contributed by atoms with Gasteiger partial charge in [-0.15, -0.1) is 0 Å². The first-order valence-electron chi connectivity index (χ1n) is 7.80. The van der Waals surface area contributed by atoms with E-state index in [1.807, 2.05) is 5.43 Å². The Bertz CT molecular complexity index is 908. The number of H-pyrrole nitrogens is 1. The molecule has 0 saturated heterocycles. The molecule has 0 atom stereocenters. The van der Waals surface area contributed by atoms with E-state index in [0.29, 0.717) is 17.0 Å². The molecular weight excluding hydrogens is 373 g/mol. The number of halogens is 5. The monoisotopic (exact) mass is 389 g/mol. The highest BCUT2D eigenvalue weighted by Gasteiger charge is 2.26. The van der Waals surface area contributed by atoms with Gasteiger partial charge in [0.15, 0.2) is 23.3 Å². The van der Waals surface area contributed by atoms with Crippen LogP contribution in [0, 0.1) is 42.9 Å². The summed E-state index contributed by atoms with van der Waals surface area (Å²) in [6, 6.07) is 0. The highest BCUT2D eigenvalue weighted by atomic mass is 19.2. The Hall–Kier alpha value is -2.91. The van der Waals surface area contributed by atoms with E-state index in [2.05, 4.69) is 10.1 Å². The van der Waals surface area contributed by atoms with Crippen molar-refractivity contribution in [3.05, 3.63) is 51.6 Å². The number of benzene rings is 1. The summed E-state index contributed by atoms with van der Waals surface area (Å²) in [4.78, 5) is 14.9. The number of anilines is 1. The number of hydrazone groups is 1. The van der Waals surface area contributed by atoms with Gasteiger partial charge in [-0.05, 0) is 33.3 Å². The lowest BCUT2D eigenvalue weighted by Crippen LogP contribution is -2.09. The Kier molecular flexibility index (Phi) is 5.87. The zero-order valence-corrected chi connectivity index (χ0v) is 14.9. The van der Waals surface area contributed by atoms with Gasteiger partial charge in [-0.3, -0.25) is 5.43 Å². The Balaban J connectivity index is 2.41. The third-order valence-electron chi connectivity index (χ3n) is 3.82. The number of rotatable bonds is 5. The van der Waals surface area contributed by atoms with Crippen LogP contribution < -0.4 is 5.43 Å². The lowest BCUT2D eigenvalue weighted by Gasteiger charge is -2.08. The van der Waals surface area contributed by atoms with Crippen LogP contribution in [0.5, 0.6) is 0 Å². The van der Waals surface area contributed by atoms with Crippen molar-refractivity contribution in [3.63, 3.8) is 0 Å². The normalized spacial score (nSPS) is 11.7. The molecule has 1 heterocycles. The minimum absolute atomic E-state index is 0.120. The third kappa shape index (κ3) is 3.64. The molecule has 0 aliphatic rings. The van der Waals surface area contributed by atoms with Crippen LogP contribution in [0.15, 0.2) is 5.10 Å². The lowest BCUT2D eigenvalue weighted by atomic mass is 10.1. The van der Waals surface area contributed by atoms with Crippen molar-refractivity contribution >= 4 is 17.4 Å². The fraction of sp³-hybridized carbons (Fsp3) is 0.294. The molecule has 0 saturated carbocycles. The second kappa shape index (κ2) is 7.77. The standard InChI is InChI=1S/C17H16F5N3O2/c1-5-27-17(26)9-6(2)15(23-7(9)3)8(4)24-25-16-13(21)11(19)10(18)12(20)14(16)22/h23,25H,5H2,1-4H3/b24-8+. The highest BCUT2D eigenvalue weighted by molar-refractivity contribution is 6.03. The number of hydrogen-bond acceptors (Lipinski definition) is 4. The number of carbonyl (C=O) groups is 1. The zero-order valence-electron chi connectivity index (χ0n) is 14.9. The molecule has 0 radical (unpaired) electrons. The smallest absolute Gasteiger partial charge is 0.340 e. The summed E-state index contributed by atoms with van der Waals surface area (Å²) in [6.07, 6.45) is 0. The average molecular weight is 389 g/mol. The second-order valence-electron chi connectivity index (χ2n) is 5.60. The summed E-state index contributed by atoms with van der Waals surface area (Å²) in [5.41, 5.74) is 2.25. The Morgan fingerprint density at radius 2 is 1.56 bits per heavy atom. The molecule has 0 spiro atoms. The van der Waals surface area contributed by atoms with Gasteiger partial charge in [-0.1, -0.05) is 0 Å². The molecule has 2 rings (SSSR count). The molecule has 5 nitrogen and oxygen atoms in total. The molecule has 2 aromatic rings. The molecule has 0 bridgehead atoms. The predicted octanol–water partition coefficient (Wildman–Crippen LogP) is 4.34. The maximum Gasteiger partial charge on any atom is 0.340 e. The molecule has 0 aliphatic heterocycles. The van der Waals surface area contributed by atoms with E-state index in [4.69, 9.17) is 4.74 Å². The van der Waals surface area contributed by atoms with Gasteiger partial charge in [0.1, 0.15) is 5.69 Å². The Labute approximate surface area is 151 Å². The molecule has 0 aliphatic carbocycles. The molecule has 1 aromatic carbocycles. The first-order valence-corrected chi connectivity index (χ1v) is 7.80. The van der Waals surface area contributed by atoms with Crippen LogP contribution in [0.1, 0.15) is 41.2 Å². The molecule has 0 fully saturated rings. The Morgan fingerprint density at radius 3 is 2.07 bits per heavy atom. The number of esters is 1. The van der Waals surface area contributed by atoms with E-state index < -0.39 is 40.7 Å². The van der Waals surface area contributed by atoms with Crippen molar-refractivity contribution in [2.45, 2.75) is 27.7 Å². The molecule has 0 amide bonds. The van der Waals surface area contributed by atoms with E-state index in [9.17, 15) is 26.7 Å². The number of aromatic amines is 1. The fourth-order valence-electron chi connectivity index (χ4n) is 2.52. The van der Waals surface area contributed by atoms with Crippen molar-refractivity contribution in [2.24, 2.45) is 5.10 Å². The number of hydrogen-bond donors (Lipinski definition) is 2. The molecule has 27 heavy (non-hydrogen) atoms. The van der Waals surface area contributed by atoms with Crippen molar-refractivity contribution in [3.8, 4) is 0 Å². The fourth-order valence-corrected chi connectivity index (χ4v) is 2.52. The summed E-state index contributed by atoms with van der Waals surface area (Å²) in [5.74, 6) is -11.0. The first kappa shape index (κ1) is 20.4. The molecule has 146 valence electrons. The minimum Gasteiger partial charge on any atom is -0.462 e. The van der Waals surface area contributed by atoms with Crippen LogP contribution in [0.4, 0.5) is 27.6 Å². The number of aromatic nitrogens is 1. The Morgan fingerprint density at radius 1 is 1.04 bits per heavy atom. The predicted molar refractivity (Wildman–Crippen MR) is 88.3 cm³/mol. The maximum absolute atomic E-state index is 13.7. The van der Waals surface area contributed by atoms with Crippen molar-refractivity contribution in [1.82, 2.24) is 4.98 Å². The van der Waals surface area contributed by atoms with E-state index in [0.717, 1.165) is 0 Å². The number of aryl methyl sites for hydroxylation is 1. The molecule has 10 heteroatoms. The molecule has 1 aromatic heterocycles. The average Bonchev–Trinajstić information content (AvgIpc) is 2.92. The zero-order chi connectivity index (χ0) is 20.5. The summed E-state index contributed by atoms with van der Waals surface area (Å²) >= 11 is 0. The van der Waals surface area contributed by atoms with Crippen LogP contribution in [0.25, 0.3) is 0 Å². The molecular formula is C17H16F5N3O2. The van der Waals surface area contributed by atoms with Gasteiger partial charge in [0, 0.05) is 5.69 Å². The summed E-state index contributed by atoms with van der Waals surface area (Å²) in [5, 5.41) is 3.67. The summed E-state index contributed by atoms with van der Waals surface area (Å²) in [7, 11) is 0. The topological polar surface area (TPSA) is 66.5 Å². The van der Waals surface area contributed by atoms with Crippen LogP contribution >= 0.6 is 0 Å². The van der Waals surface area contributed by atoms with Gasteiger partial charge < -0.3 is 9.72 Å².